The van der Waals surface area contributed by atoms with Crippen LogP contribution in [0, 0.1) is 6.07 Å². The summed E-state index contributed by atoms with van der Waals surface area (Å²) in [7, 11) is 0. The SMILES string of the molecule is ICCCCCc1c[c]ccc1. The van der Waals surface area contributed by atoms with Crippen LogP contribution in [0.15, 0.2) is 24.3 Å². The van der Waals surface area contributed by atoms with Crippen molar-refractivity contribution in [2.24, 2.45) is 0 Å². The molecular formula is C11H14I. The van der Waals surface area contributed by atoms with Crippen LogP contribution >= 0.6 is 22.6 Å². The number of hydrogen-bond donors (Lipinski definition) is 0. The number of halogens is 1. The molecule has 0 aromatic heterocycles. The molecule has 0 amide bonds. The van der Waals surface area contributed by atoms with Crippen LogP contribution in [0.2, 0.25) is 0 Å². The molecule has 0 aliphatic heterocycles. The molecule has 0 aliphatic carbocycles. The van der Waals surface area contributed by atoms with E-state index in [0.717, 1.165) is 0 Å². The van der Waals surface area contributed by atoms with Crippen LogP contribution in [-0.4, -0.2) is 4.43 Å². The van der Waals surface area contributed by atoms with E-state index in [0.29, 0.717) is 0 Å². The van der Waals surface area contributed by atoms with Crippen molar-refractivity contribution in [3.8, 4) is 0 Å². The third-order valence-corrected chi connectivity index (χ3v) is 2.63. The Morgan fingerprint density at radius 3 is 2.83 bits per heavy atom. The van der Waals surface area contributed by atoms with Gasteiger partial charge < -0.3 is 0 Å². The fourth-order valence-electron chi connectivity index (χ4n) is 1.19. The lowest BCUT2D eigenvalue weighted by Gasteiger charge is -1.99. The molecule has 0 unspecified atom stereocenters. The van der Waals surface area contributed by atoms with Gasteiger partial charge in [0.2, 0.25) is 0 Å². The summed E-state index contributed by atoms with van der Waals surface area (Å²) in [4.78, 5) is 0. The summed E-state index contributed by atoms with van der Waals surface area (Å²) in [5.74, 6) is 0. The maximum absolute atomic E-state index is 3.10. The molecule has 0 aliphatic rings. The van der Waals surface area contributed by atoms with Crippen molar-refractivity contribution < 1.29 is 0 Å². The molecule has 0 N–H and O–H groups in total. The van der Waals surface area contributed by atoms with Crippen molar-refractivity contribution in [1.82, 2.24) is 0 Å². The lowest BCUT2D eigenvalue weighted by molar-refractivity contribution is 0.726. The first kappa shape index (κ1) is 10.0. The zero-order valence-corrected chi connectivity index (χ0v) is 9.38. The van der Waals surface area contributed by atoms with Crippen LogP contribution in [0.4, 0.5) is 0 Å². The highest BCUT2D eigenvalue weighted by atomic mass is 127. The van der Waals surface area contributed by atoms with Gasteiger partial charge in [0.1, 0.15) is 0 Å². The molecule has 0 bridgehead atoms. The van der Waals surface area contributed by atoms with Gasteiger partial charge in [0.05, 0.1) is 0 Å². The van der Waals surface area contributed by atoms with Crippen LogP contribution in [-0.2, 0) is 6.42 Å². The predicted octanol–water partition coefficient (Wildman–Crippen LogP) is 3.63. The number of rotatable bonds is 5. The average molecular weight is 273 g/mol. The lowest BCUT2D eigenvalue weighted by atomic mass is 10.1. The first-order valence-electron chi connectivity index (χ1n) is 4.44. The van der Waals surface area contributed by atoms with E-state index in [1.165, 1.54) is 35.7 Å². The molecule has 1 aromatic rings. The van der Waals surface area contributed by atoms with E-state index >= 15 is 0 Å². The van der Waals surface area contributed by atoms with Crippen molar-refractivity contribution in [3.63, 3.8) is 0 Å². The summed E-state index contributed by atoms with van der Waals surface area (Å²) in [6.45, 7) is 0. The standard InChI is InChI=1S/C11H14I/c12-10-6-2-5-9-11-7-3-1-4-8-11/h1,3,7-8H,2,5-6,9-10H2. The second kappa shape index (κ2) is 6.46. The van der Waals surface area contributed by atoms with Crippen molar-refractivity contribution >= 4 is 22.6 Å². The van der Waals surface area contributed by atoms with Gasteiger partial charge in [-0.25, -0.2) is 0 Å². The van der Waals surface area contributed by atoms with E-state index in [-0.39, 0.29) is 0 Å². The summed E-state index contributed by atoms with van der Waals surface area (Å²) >= 11 is 2.44. The number of benzene rings is 1. The molecule has 0 atom stereocenters. The van der Waals surface area contributed by atoms with Gasteiger partial charge in [0.25, 0.3) is 0 Å². The zero-order chi connectivity index (χ0) is 8.65. The largest absolute Gasteiger partial charge is 0.0864 e. The van der Waals surface area contributed by atoms with Gasteiger partial charge in [-0.2, -0.15) is 0 Å². The second-order valence-corrected chi connectivity index (χ2v) is 3.99. The number of aryl methyl sites for hydroxylation is 1. The highest BCUT2D eigenvalue weighted by Crippen LogP contribution is 2.06. The highest BCUT2D eigenvalue weighted by molar-refractivity contribution is 14.1. The molecular weight excluding hydrogens is 259 g/mol. The third kappa shape index (κ3) is 4.10. The smallest absolute Gasteiger partial charge is 0.000473 e. The minimum atomic E-state index is 1.22. The monoisotopic (exact) mass is 273 g/mol. The first-order valence-corrected chi connectivity index (χ1v) is 5.97. The molecule has 1 radical (unpaired) electrons. The maximum atomic E-state index is 3.10. The molecule has 1 heteroatoms. The van der Waals surface area contributed by atoms with E-state index in [1.54, 1.807) is 0 Å². The fraction of sp³-hybridized carbons (Fsp3) is 0.455. The molecule has 0 saturated heterocycles. The topological polar surface area (TPSA) is 0 Å². The van der Waals surface area contributed by atoms with Gasteiger partial charge in [0, 0.05) is 0 Å². The molecule has 12 heavy (non-hydrogen) atoms. The van der Waals surface area contributed by atoms with Crippen LogP contribution in [0.1, 0.15) is 24.8 Å². The Morgan fingerprint density at radius 1 is 1.25 bits per heavy atom. The number of hydrogen-bond acceptors (Lipinski definition) is 0. The predicted molar refractivity (Wildman–Crippen MR) is 61.7 cm³/mol. The Morgan fingerprint density at radius 2 is 2.17 bits per heavy atom. The third-order valence-electron chi connectivity index (χ3n) is 1.87. The first-order chi connectivity index (χ1) is 5.93. The Kier molecular flexibility index (Phi) is 5.41. The minimum Gasteiger partial charge on any atom is -0.0864 e. The van der Waals surface area contributed by atoms with Crippen molar-refractivity contribution in [2.75, 3.05) is 4.43 Å². The summed E-state index contributed by atoms with van der Waals surface area (Å²) < 4.78 is 1.29. The summed E-state index contributed by atoms with van der Waals surface area (Å²) in [5, 5.41) is 0. The molecule has 0 nitrogen and oxygen atoms in total. The molecule has 0 heterocycles. The molecule has 1 rings (SSSR count). The molecule has 0 saturated carbocycles. The van der Waals surface area contributed by atoms with E-state index < -0.39 is 0 Å². The van der Waals surface area contributed by atoms with Crippen LogP contribution in [0.25, 0.3) is 0 Å². The van der Waals surface area contributed by atoms with Crippen molar-refractivity contribution in [2.45, 2.75) is 25.7 Å². The summed E-state index contributed by atoms with van der Waals surface area (Å²) in [5.41, 5.74) is 1.42. The van der Waals surface area contributed by atoms with Crippen LogP contribution in [0.5, 0.6) is 0 Å². The van der Waals surface area contributed by atoms with Crippen LogP contribution < -0.4 is 0 Å². The van der Waals surface area contributed by atoms with E-state index in [1.807, 2.05) is 6.07 Å². The van der Waals surface area contributed by atoms with Gasteiger partial charge in [-0.05, 0) is 35.3 Å². The quantitative estimate of drug-likeness (QED) is 0.436. The van der Waals surface area contributed by atoms with Gasteiger partial charge in [0.15, 0.2) is 0 Å². The normalized spacial score (nSPS) is 10.1. The number of alkyl halides is 1. The lowest BCUT2D eigenvalue weighted by Crippen LogP contribution is -1.85. The van der Waals surface area contributed by atoms with E-state index in [2.05, 4.69) is 46.9 Å². The van der Waals surface area contributed by atoms with Gasteiger partial charge in [-0.1, -0.05) is 53.3 Å². The minimum absolute atomic E-state index is 1.22. The van der Waals surface area contributed by atoms with E-state index in [4.69, 9.17) is 0 Å². The molecule has 1 aromatic carbocycles. The molecule has 0 fully saturated rings. The second-order valence-electron chi connectivity index (χ2n) is 2.91. The summed E-state index contributed by atoms with van der Waals surface area (Å²) in [6, 6.07) is 11.4. The van der Waals surface area contributed by atoms with Gasteiger partial charge in [-0.15, -0.1) is 0 Å². The van der Waals surface area contributed by atoms with Gasteiger partial charge >= 0.3 is 0 Å². The van der Waals surface area contributed by atoms with Gasteiger partial charge in [-0.3, -0.25) is 0 Å². The fourth-order valence-corrected chi connectivity index (χ4v) is 1.73. The Labute approximate surface area is 88.5 Å². The average Bonchev–Trinajstić information content (AvgIpc) is 2.14. The molecule has 65 valence electrons. The van der Waals surface area contributed by atoms with E-state index in [9.17, 15) is 0 Å². The zero-order valence-electron chi connectivity index (χ0n) is 7.22. The van der Waals surface area contributed by atoms with Crippen molar-refractivity contribution in [1.29, 1.82) is 0 Å². The Balaban J connectivity index is 2.16. The van der Waals surface area contributed by atoms with Crippen molar-refractivity contribution in [3.05, 3.63) is 35.9 Å². The Bertz CT molecular complexity index is 193. The van der Waals surface area contributed by atoms with Crippen LogP contribution in [0.3, 0.4) is 0 Å². The number of unbranched alkanes of at least 4 members (excludes halogenated alkanes) is 2. The Hall–Kier alpha value is -0.0500. The highest BCUT2D eigenvalue weighted by Gasteiger charge is 1.91. The maximum Gasteiger partial charge on any atom is -0.000473 e. The molecule has 0 spiro atoms. The summed E-state index contributed by atoms with van der Waals surface area (Å²) in [6.07, 6.45) is 5.25.